The molecule has 76 valence electrons. The van der Waals surface area contributed by atoms with Gasteiger partial charge in [-0.15, -0.1) is 0 Å². The summed E-state index contributed by atoms with van der Waals surface area (Å²) in [6, 6.07) is 2.19. The Labute approximate surface area is 78.5 Å². The van der Waals surface area contributed by atoms with Crippen LogP contribution in [-0.2, 0) is 0 Å². The normalized spacial score (nSPS) is 10.6. The minimum atomic E-state index is -3.02. The molecule has 0 atom stereocenters. The summed E-state index contributed by atoms with van der Waals surface area (Å²) in [5.41, 5.74) is 3.54. The maximum Gasteiger partial charge on any atom is 0.268 e. The predicted octanol–water partition coefficient (Wildman–Crippen LogP) is 2.55. The number of hydrogen-bond donors (Lipinski definition) is 1. The minimum absolute atomic E-state index is 0.345. The number of nitrogen functional groups attached to an aromatic ring is 1. The molecule has 0 saturated carbocycles. The van der Waals surface area contributed by atoms with E-state index < -0.39 is 23.6 Å². The molecule has 0 bridgehead atoms. The summed E-state index contributed by atoms with van der Waals surface area (Å²) in [5, 5.41) is 0. The Balaban J connectivity index is 3.41. The number of nitrogens with two attached hydrogens (primary N) is 1. The van der Waals surface area contributed by atoms with Crippen LogP contribution in [0, 0.1) is 5.82 Å². The van der Waals surface area contributed by atoms with E-state index in [4.69, 9.17) is 5.73 Å². The molecule has 2 nitrogen and oxygen atoms in total. The van der Waals surface area contributed by atoms with Crippen molar-refractivity contribution in [2.75, 3.05) is 5.73 Å². The van der Waals surface area contributed by atoms with Crippen molar-refractivity contribution < 1.29 is 18.0 Å². The third-order valence-electron chi connectivity index (χ3n) is 1.81. The zero-order valence-corrected chi connectivity index (χ0v) is 7.35. The van der Waals surface area contributed by atoms with E-state index in [1.807, 2.05) is 0 Å². The molecule has 0 aliphatic rings. The van der Waals surface area contributed by atoms with Crippen LogP contribution in [0.2, 0.25) is 0 Å². The minimum Gasteiger partial charge on any atom is -0.398 e. The lowest BCUT2D eigenvalue weighted by Gasteiger charge is -2.08. The van der Waals surface area contributed by atoms with Gasteiger partial charge >= 0.3 is 0 Å². The van der Waals surface area contributed by atoms with E-state index in [-0.39, 0.29) is 11.3 Å². The van der Waals surface area contributed by atoms with Gasteiger partial charge in [0.1, 0.15) is 5.82 Å². The van der Waals surface area contributed by atoms with Gasteiger partial charge in [0.15, 0.2) is 5.78 Å². The van der Waals surface area contributed by atoms with Crippen molar-refractivity contribution >= 4 is 11.5 Å². The maximum absolute atomic E-state index is 13.3. The van der Waals surface area contributed by atoms with Crippen LogP contribution in [-0.4, -0.2) is 5.78 Å². The van der Waals surface area contributed by atoms with E-state index in [0.29, 0.717) is 0 Å². The third kappa shape index (κ3) is 1.71. The van der Waals surface area contributed by atoms with Crippen molar-refractivity contribution in [2.45, 2.75) is 13.3 Å². The van der Waals surface area contributed by atoms with E-state index in [2.05, 4.69) is 0 Å². The lowest BCUT2D eigenvalue weighted by molar-refractivity contribution is 0.101. The first-order chi connectivity index (χ1) is 6.45. The summed E-state index contributed by atoms with van der Waals surface area (Å²) in [5.74, 6) is -1.84. The second-order valence-corrected chi connectivity index (χ2v) is 2.79. The Morgan fingerprint density at radius 3 is 2.43 bits per heavy atom. The van der Waals surface area contributed by atoms with Crippen LogP contribution in [0.4, 0.5) is 18.9 Å². The smallest absolute Gasteiger partial charge is 0.268 e. The Morgan fingerprint density at radius 2 is 2.00 bits per heavy atom. The van der Waals surface area contributed by atoms with Gasteiger partial charge in [-0.2, -0.15) is 0 Å². The van der Waals surface area contributed by atoms with Gasteiger partial charge in [0.2, 0.25) is 0 Å². The van der Waals surface area contributed by atoms with Crippen LogP contribution in [0.5, 0.6) is 0 Å². The Kier molecular flexibility index (Phi) is 2.78. The van der Waals surface area contributed by atoms with Crippen LogP contribution in [0.1, 0.15) is 29.3 Å². The average Bonchev–Trinajstić information content (AvgIpc) is 2.02. The fraction of sp³-hybridized carbons (Fsp3) is 0.222. The van der Waals surface area contributed by atoms with E-state index >= 15 is 0 Å². The number of alkyl halides is 2. The summed E-state index contributed by atoms with van der Waals surface area (Å²) < 4.78 is 37.9. The van der Waals surface area contributed by atoms with E-state index in [0.717, 1.165) is 19.1 Å². The molecule has 0 saturated heterocycles. The number of carbonyl (C=O) groups is 1. The number of carbonyl (C=O) groups excluding carboxylic acids is 1. The molecule has 0 radical (unpaired) electrons. The molecule has 0 aliphatic carbocycles. The SMILES string of the molecule is CC(=O)c1ccc(N)c(C(F)F)c1F. The van der Waals surface area contributed by atoms with Crippen molar-refractivity contribution in [3.63, 3.8) is 0 Å². The molecule has 5 heteroatoms. The number of hydrogen-bond acceptors (Lipinski definition) is 2. The predicted molar refractivity (Wildman–Crippen MR) is 45.8 cm³/mol. The molecule has 2 N–H and O–H groups in total. The Morgan fingerprint density at radius 1 is 1.43 bits per heavy atom. The highest BCUT2D eigenvalue weighted by atomic mass is 19.3. The first-order valence-electron chi connectivity index (χ1n) is 3.82. The Bertz CT molecular complexity index is 377. The van der Waals surface area contributed by atoms with Gasteiger partial charge in [0.25, 0.3) is 6.43 Å². The number of Topliss-reactive ketones (excluding diaryl/α,β-unsaturated/α-hetero) is 1. The summed E-state index contributed by atoms with van der Waals surface area (Å²) in [6.07, 6.45) is -3.02. The highest BCUT2D eigenvalue weighted by Crippen LogP contribution is 2.29. The molecule has 0 amide bonds. The van der Waals surface area contributed by atoms with Crippen LogP contribution in [0.25, 0.3) is 0 Å². The lowest BCUT2D eigenvalue weighted by Crippen LogP contribution is -2.05. The summed E-state index contributed by atoms with van der Waals surface area (Å²) in [6.45, 7) is 1.10. The van der Waals surface area contributed by atoms with Gasteiger partial charge in [-0.05, 0) is 19.1 Å². The summed E-state index contributed by atoms with van der Waals surface area (Å²) in [4.78, 5) is 10.8. The average molecular weight is 203 g/mol. The van der Waals surface area contributed by atoms with Gasteiger partial charge in [-0.1, -0.05) is 0 Å². The molecule has 0 aliphatic heterocycles. The molecule has 0 aromatic heterocycles. The maximum atomic E-state index is 13.3. The molecule has 14 heavy (non-hydrogen) atoms. The third-order valence-corrected chi connectivity index (χ3v) is 1.81. The van der Waals surface area contributed by atoms with Crippen molar-refractivity contribution in [3.8, 4) is 0 Å². The fourth-order valence-electron chi connectivity index (χ4n) is 1.10. The quantitative estimate of drug-likeness (QED) is 0.592. The molecular formula is C9H8F3NO. The largest absolute Gasteiger partial charge is 0.398 e. The first kappa shape index (κ1) is 10.6. The van der Waals surface area contributed by atoms with Crippen LogP contribution in [0.15, 0.2) is 12.1 Å². The molecule has 1 aromatic carbocycles. The molecule has 0 unspecified atom stereocenters. The van der Waals surface area contributed by atoms with Gasteiger partial charge in [-0.3, -0.25) is 4.79 Å². The number of halogens is 3. The highest BCUT2D eigenvalue weighted by Gasteiger charge is 2.21. The van der Waals surface area contributed by atoms with Crippen molar-refractivity contribution in [3.05, 3.63) is 29.1 Å². The molecule has 1 rings (SSSR count). The standard InChI is InChI=1S/C9H8F3NO/c1-4(14)5-2-3-6(13)7(8(5)10)9(11)12/h2-3,9H,13H2,1H3. The second-order valence-electron chi connectivity index (χ2n) is 2.79. The highest BCUT2D eigenvalue weighted by molar-refractivity contribution is 5.95. The van der Waals surface area contributed by atoms with Crippen LogP contribution >= 0.6 is 0 Å². The van der Waals surface area contributed by atoms with Crippen LogP contribution < -0.4 is 5.73 Å². The van der Waals surface area contributed by atoms with E-state index in [1.54, 1.807) is 0 Å². The van der Waals surface area contributed by atoms with E-state index in [9.17, 15) is 18.0 Å². The summed E-state index contributed by atoms with van der Waals surface area (Å²) >= 11 is 0. The second kappa shape index (κ2) is 3.69. The zero-order valence-electron chi connectivity index (χ0n) is 7.35. The molecule has 0 spiro atoms. The van der Waals surface area contributed by atoms with Crippen LogP contribution in [0.3, 0.4) is 0 Å². The van der Waals surface area contributed by atoms with Gasteiger partial charge < -0.3 is 5.73 Å². The van der Waals surface area contributed by atoms with Gasteiger partial charge in [-0.25, -0.2) is 13.2 Å². The van der Waals surface area contributed by atoms with Gasteiger partial charge in [0, 0.05) is 5.69 Å². The summed E-state index contributed by atoms with van der Waals surface area (Å²) in [7, 11) is 0. The first-order valence-corrected chi connectivity index (χ1v) is 3.82. The topological polar surface area (TPSA) is 43.1 Å². The van der Waals surface area contributed by atoms with Gasteiger partial charge in [0.05, 0.1) is 11.1 Å². The number of benzene rings is 1. The van der Waals surface area contributed by atoms with E-state index in [1.165, 1.54) is 0 Å². The molecule has 0 fully saturated rings. The molecule has 0 heterocycles. The lowest BCUT2D eigenvalue weighted by atomic mass is 10.1. The zero-order chi connectivity index (χ0) is 10.9. The number of ketones is 1. The fourth-order valence-corrected chi connectivity index (χ4v) is 1.10. The van der Waals surface area contributed by atoms with Crippen molar-refractivity contribution in [1.29, 1.82) is 0 Å². The van der Waals surface area contributed by atoms with Crippen molar-refractivity contribution in [2.24, 2.45) is 0 Å². The Hall–Kier alpha value is -1.52. The molecular weight excluding hydrogens is 195 g/mol. The molecule has 1 aromatic rings. The monoisotopic (exact) mass is 203 g/mol. The van der Waals surface area contributed by atoms with Crippen molar-refractivity contribution in [1.82, 2.24) is 0 Å². The number of rotatable bonds is 2. The number of anilines is 1.